The molecule has 0 fully saturated rings. The van der Waals surface area contributed by atoms with Crippen LogP contribution >= 0.6 is 11.8 Å². The fourth-order valence-corrected chi connectivity index (χ4v) is 1.89. The number of hydrogen-bond acceptors (Lipinski definition) is 2. The Balaban J connectivity index is 2.94. The molecular formula is C12H11F5OS. The van der Waals surface area contributed by atoms with Crippen molar-refractivity contribution in [3.8, 4) is 0 Å². The second-order valence-electron chi connectivity index (χ2n) is 3.42. The molecule has 0 aliphatic rings. The number of rotatable bonds is 5. The Kier molecular flexibility index (Phi) is 5.22. The van der Waals surface area contributed by atoms with Crippen LogP contribution in [-0.4, -0.2) is 18.7 Å². The van der Waals surface area contributed by atoms with E-state index < -0.39 is 17.9 Å². The van der Waals surface area contributed by atoms with Crippen LogP contribution in [0.15, 0.2) is 46.4 Å². The second kappa shape index (κ2) is 6.27. The molecule has 0 spiro atoms. The summed E-state index contributed by atoms with van der Waals surface area (Å²) in [5, 5.41) is 0.687. The predicted octanol–water partition coefficient (Wildman–Crippen LogP) is 4.85. The Labute approximate surface area is 111 Å². The van der Waals surface area contributed by atoms with E-state index in [2.05, 4.69) is 4.74 Å². The molecule has 1 aromatic rings. The highest BCUT2D eigenvalue weighted by Gasteiger charge is 2.61. The standard InChI is InChI=1S/C12H11F5OS/c1-2-18-10(11(13,14)12(15,16)17)8-19-9-6-4-3-5-7-9/h3-8H,2H2,1H3/b10-8+. The van der Waals surface area contributed by atoms with Gasteiger partial charge in [-0.15, -0.1) is 0 Å². The number of alkyl halides is 5. The third kappa shape index (κ3) is 4.12. The van der Waals surface area contributed by atoms with Gasteiger partial charge in [0.05, 0.1) is 6.61 Å². The lowest BCUT2D eigenvalue weighted by Gasteiger charge is -2.22. The van der Waals surface area contributed by atoms with E-state index in [9.17, 15) is 22.0 Å². The normalized spacial score (nSPS) is 13.5. The Morgan fingerprint density at radius 1 is 1.16 bits per heavy atom. The molecule has 0 N–H and O–H groups in total. The van der Waals surface area contributed by atoms with E-state index >= 15 is 0 Å². The smallest absolute Gasteiger partial charge is 0.461 e. The van der Waals surface area contributed by atoms with Gasteiger partial charge in [-0.2, -0.15) is 22.0 Å². The molecule has 0 aliphatic carbocycles. The van der Waals surface area contributed by atoms with E-state index in [1.807, 2.05) is 0 Å². The van der Waals surface area contributed by atoms with E-state index in [-0.39, 0.29) is 6.61 Å². The van der Waals surface area contributed by atoms with Crippen LogP contribution in [0, 0.1) is 0 Å². The summed E-state index contributed by atoms with van der Waals surface area (Å²) in [6.45, 7) is 1.07. The Morgan fingerprint density at radius 3 is 2.21 bits per heavy atom. The first kappa shape index (κ1) is 15.8. The first-order chi connectivity index (χ1) is 8.79. The number of halogens is 5. The summed E-state index contributed by atoms with van der Waals surface area (Å²) in [4.78, 5) is 0.540. The topological polar surface area (TPSA) is 9.23 Å². The first-order valence-electron chi connectivity index (χ1n) is 5.28. The van der Waals surface area contributed by atoms with Crippen LogP contribution in [0.4, 0.5) is 22.0 Å². The summed E-state index contributed by atoms with van der Waals surface area (Å²) in [6.07, 6.45) is -5.68. The predicted molar refractivity (Wildman–Crippen MR) is 63.0 cm³/mol. The Morgan fingerprint density at radius 2 is 1.74 bits per heavy atom. The summed E-state index contributed by atoms with van der Waals surface area (Å²) >= 11 is 0.744. The minimum atomic E-state index is -5.68. The molecule has 1 nitrogen and oxygen atoms in total. The van der Waals surface area contributed by atoms with Crippen LogP contribution in [0.25, 0.3) is 0 Å². The van der Waals surface area contributed by atoms with Crippen molar-refractivity contribution in [2.75, 3.05) is 6.61 Å². The van der Waals surface area contributed by atoms with Crippen molar-refractivity contribution in [3.63, 3.8) is 0 Å². The molecular weight excluding hydrogens is 287 g/mol. The summed E-state index contributed by atoms with van der Waals surface area (Å²) < 4.78 is 67.5. The molecule has 0 aliphatic heterocycles. The van der Waals surface area contributed by atoms with Crippen molar-refractivity contribution in [1.29, 1.82) is 0 Å². The number of thioether (sulfide) groups is 1. The zero-order valence-electron chi connectivity index (χ0n) is 9.88. The van der Waals surface area contributed by atoms with Crippen LogP contribution in [0.1, 0.15) is 6.92 Å². The molecule has 0 saturated carbocycles. The molecule has 1 rings (SSSR count). The van der Waals surface area contributed by atoms with Crippen LogP contribution in [-0.2, 0) is 4.74 Å². The minimum absolute atomic E-state index is 0.271. The van der Waals surface area contributed by atoms with Crippen LogP contribution in [0.3, 0.4) is 0 Å². The summed E-state index contributed by atoms with van der Waals surface area (Å²) in [5.74, 6) is -6.39. The molecule has 0 radical (unpaired) electrons. The molecule has 0 unspecified atom stereocenters. The number of hydrogen-bond donors (Lipinski definition) is 0. The van der Waals surface area contributed by atoms with Gasteiger partial charge in [0, 0.05) is 10.3 Å². The molecule has 0 saturated heterocycles. The van der Waals surface area contributed by atoms with Gasteiger partial charge in [-0.05, 0) is 19.1 Å². The molecule has 0 aromatic heterocycles. The van der Waals surface area contributed by atoms with Gasteiger partial charge < -0.3 is 4.74 Å². The number of ether oxygens (including phenoxy) is 1. The van der Waals surface area contributed by atoms with Crippen molar-refractivity contribution in [2.24, 2.45) is 0 Å². The van der Waals surface area contributed by atoms with Gasteiger partial charge >= 0.3 is 12.1 Å². The quantitative estimate of drug-likeness (QED) is 0.436. The van der Waals surface area contributed by atoms with E-state index in [0.29, 0.717) is 10.3 Å². The molecule has 106 valence electrons. The maximum atomic E-state index is 13.2. The zero-order chi connectivity index (χ0) is 14.5. The van der Waals surface area contributed by atoms with Gasteiger partial charge in [0.25, 0.3) is 0 Å². The first-order valence-corrected chi connectivity index (χ1v) is 6.16. The maximum Gasteiger partial charge on any atom is 0.461 e. The van der Waals surface area contributed by atoms with Crippen LogP contribution in [0.2, 0.25) is 0 Å². The lowest BCUT2D eigenvalue weighted by atomic mass is 10.3. The minimum Gasteiger partial charge on any atom is -0.491 e. The van der Waals surface area contributed by atoms with Crippen molar-refractivity contribution in [3.05, 3.63) is 41.5 Å². The Hall–Kier alpha value is -1.24. The molecule has 7 heteroatoms. The highest BCUT2D eigenvalue weighted by Crippen LogP contribution is 2.42. The molecule has 19 heavy (non-hydrogen) atoms. The fraction of sp³-hybridized carbons (Fsp3) is 0.333. The van der Waals surface area contributed by atoms with Gasteiger partial charge in [0.2, 0.25) is 0 Å². The van der Waals surface area contributed by atoms with Gasteiger partial charge in [0.15, 0.2) is 5.76 Å². The average Bonchev–Trinajstić information content (AvgIpc) is 2.34. The van der Waals surface area contributed by atoms with E-state index in [1.54, 1.807) is 30.3 Å². The number of allylic oxidation sites excluding steroid dienone is 1. The summed E-state index contributed by atoms with van der Waals surface area (Å²) in [6, 6.07) is 8.20. The third-order valence-electron chi connectivity index (χ3n) is 2.01. The van der Waals surface area contributed by atoms with Crippen molar-refractivity contribution < 1.29 is 26.7 Å². The van der Waals surface area contributed by atoms with E-state index in [0.717, 1.165) is 11.8 Å². The molecule has 1 aromatic carbocycles. The monoisotopic (exact) mass is 298 g/mol. The van der Waals surface area contributed by atoms with Gasteiger partial charge in [0.1, 0.15) is 0 Å². The van der Waals surface area contributed by atoms with Crippen LogP contribution < -0.4 is 0 Å². The lowest BCUT2D eigenvalue weighted by molar-refractivity contribution is -0.276. The molecule has 0 atom stereocenters. The molecule has 0 bridgehead atoms. The maximum absolute atomic E-state index is 13.2. The largest absolute Gasteiger partial charge is 0.491 e. The fourth-order valence-electron chi connectivity index (χ4n) is 1.11. The zero-order valence-corrected chi connectivity index (χ0v) is 10.7. The SMILES string of the molecule is CCO/C(=C/Sc1ccccc1)C(F)(F)C(F)(F)F. The molecule has 0 amide bonds. The highest BCUT2D eigenvalue weighted by molar-refractivity contribution is 8.02. The summed E-state index contributed by atoms with van der Waals surface area (Å²) in [5.41, 5.74) is 0. The van der Waals surface area contributed by atoms with Gasteiger partial charge in [-0.3, -0.25) is 0 Å². The van der Waals surface area contributed by atoms with Gasteiger partial charge in [-0.25, -0.2) is 0 Å². The van der Waals surface area contributed by atoms with Crippen molar-refractivity contribution in [1.82, 2.24) is 0 Å². The molecule has 0 heterocycles. The van der Waals surface area contributed by atoms with Crippen molar-refractivity contribution in [2.45, 2.75) is 23.9 Å². The highest BCUT2D eigenvalue weighted by atomic mass is 32.2. The Bertz CT molecular complexity index is 427. The van der Waals surface area contributed by atoms with Gasteiger partial charge in [-0.1, -0.05) is 30.0 Å². The number of benzene rings is 1. The van der Waals surface area contributed by atoms with Crippen molar-refractivity contribution >= 4 is 11.8 Å². The third-order valence-corrected chi connectivity index (χ3v) is 2.89. The van der Waals surface area contributed by atoms with E-state index in [4.69, 9.17) is 0 Å². The average molecular weight is 298 g/mol. The van der Waals surface area contributed by atoms with E-state index in [1.165, 1.54) is 6.92 Å². The second-order valence-corrected chi connectivity index (χ2v) is 4.36. The lowest BCUT2D eigenvalue weighted by Crippen LogP contribution is -2.39. The van der Waals surface area contributed by atoms with Crippen LogP contribution in [0.5, 0.6) is 0 Å². The summed E-state index contributed by atoms with van der Waals surface area (Å²) in [7, 11) is 0.